The van der Waals surface area contributed by atoms with Crippen LogP contribution in [0.2, 0.25) is 0 Å². The molecule has 232 valence electrons. The van der Waals surface area contributed by atoms with Crippen LogP contribution in [0.25, 0.3) is 21.9 Å². The number of nitrogens with two attached hydrogens (primary N) is 1. The topological polar surface area (TPSA) is 110 Å². The van der Waals surface area contributed by atoms with Crippen molar-refractivity contribution >= 4 is 39.4 Å². The molecule has 9 heteroatoms. The number of aromatic nitrogens is 3. The van der Waals surface area contributed by atoms with Crippen molar-refractivity contribution in [1.82, 2.24) is 19.9 Å². The molecule has 0 unspecified atom stereocenters. The van der Waals surface area contributed by atoms with E-state index in [1.54, 1.807) is 0 Å². The number of hydrogen-bond donors (Lipinski definition) is 2. The van der Waals surface area contributed by atoms with E-state index in [9.17, 15) is 4.79 Å². The molecule has 0 bridgehead atoms. The Kier molecular flexibility index (Phi) is 9.72. The number of anilines is 2. The van der Waals surface area contributed by atoms with Crippen molar-refractivity contribution in [2.45, 2.75) is 86.7 Å². The first-order chi connectivity index (χ1) is 19.6. The number of unbranched alkanes of at least 4 members (excludes halogenated alkanes) is 1. The van der Waals surface area contributed by atoms with Crippen LogP contribution in [0.15, 0.2) is 18.2 Å². The molecule has 0 aliphatic carbocycles. The average Bonchev–Trinajstić information content (AvgIpc) is 3.31. The van der Waals surface area contributed by atoms with E-state index in [1.165, 1.54) is 5.69 Å². The predicted octanol–water partition coefficient (Wildman–Crippen LogP) is 5.96. The Labute approximate surface area is 251 Å². The minimum absolute atomic E-state index is 0.00000424. The molecule has 1 aliphatic heterocycles. The maximum Gasteiger partial charge on any atom is 0.306 e. The third-order valence-electron chi connectivity index (χ3n) is 7.67. The SMILES string of the molecule is CCCCc1nc2c(N)nc3cc(N4CCN(CC(C)(C)COCC(C)(C)CC(=O)OC(C)(C)C)CC4)ccc3c2[nH]1. The molecule has 42 heavy (non-hydrogen) atoms. The zero-order chi connectivity index (χ0) is 30.7. The maximum absolute atomic E-state index is 12.3. The molecule has 1 saturated heterocycles. The van der Waals surface area contributed by atoms with Crippen LogP contribution in [0.5, 0.6) is 0 Å². The van der Waals surface area contributed by atoms with Crippen LogP contribution in [0.3, 0.4) is 0 Å². The number of H-pyrrole nitrogens is 1. The fourth-order valence-electron chi connectivity index (χ4n) is 5.71. The molecule has 3 N–H and O–H groups in total. The van der Waals surface area contributed by atoms with Crippen LogP contribution in [0.1, 0.15) is 80.5 Å². The first-order valence-electron chi connectivity index (χ1n) is 15.5. The van der Waals surface area contributed by atoms with Crippen molar-refractivity contribution in [3.8, 4) is 0 Å². The number of ether oxygens (including phenoxy) is 2. The summed E-state index contributed by atoms with van der Waals surface area (Å²) in [6.07, 6.45) is 3.49. The number of aromatic amines is 1. The van der Waals surface area contributed by atoms with Gasteiger partial charge >= 0.3 is 5.97 Å². The van der Waals surface area contributed by atoms with Gasteiger partial charge in [0.25, 0.3) is 0 Å². The van der Waals surface area contributed by atoms with E-state index in [2.05, 4.69) is 67.6 Å². The standard InChI is InChI=1S/C33H52N6O3/c1-9-10-11-26-36-28-24-13-12-23(18-25(24)35-30(34)29(28)37-26)39-16-14-38(15-17-39)20-33(7,8)22-41-21-32(5,6)19-27(40)42-31(2,3)4/h12-13,18H,9-11,14-17,19-22H2,1-8H3,(H2,34,35)(H,36,37). The van der Waals surface area contributed by atoms with Crippen molar-refractivity contribution in [3.05, 3.63) is 24.0 Å². The Balaban J connectivity index is 1.29. The van der Waals surface area contributed by atoms with Crippen molar-refractivity contribution < 1.29 is 14.3 Å². The van der Waals surface area contributed by atoms with E-state index in [0.29, 0.717) is 25.5 Å². The number of rotatable bonds is 12. The second kappa shape index (κ2) is 12.8. The average molecular weight is 581 g/mol. The molecule has 0 spiro atoms. The summed E-state index contributed by atoms with van der Waals surface area (Å²) in [6, 6.07) is 6.50. The van der Waals surface area contributed by atoms with Crippen LogP contribution in [-0.4, -0.2) is 77.4 Å². The molecule has 0 radical (unpaired) electrons. The van der Waals surface area contributed by atoms with E-state index in [4.69, 9.17) is 25.2 Å². The Hall–Kier alpha value is -2.91. The van der Waals surface area contributed by atoms with Gasteiger partial charge in [0.2, 0.25) is 0 Å². The zero-order valence-corrected chi connectivity index (χ0v) is 27.1. The highest BCUT2D eigenvalue weighted by Gasteiger charge is 2.29. The largest absolute Gasteiger partial charge is 0.460 e. The maximum atomic E-state index is 12.3. The molecular weight excluding hydrogens is 528 g/mol. The minimum Gasteiger partial charge on any atom is -0.460 e. The lowest BCUT2D eigenvalue weighted by molar-refractivity contribution is -0.158. The van der Waals surface area contributed by atoms with Crippen LogP contribution in [0, 0.1) is 10.8 Å². The normalized spacial score (nSPS) is 15.6. The monoisotopic (exact) mass is 580 g/mol. The summed E-state index contributed by atoms with van der Waals surface area (Å²) in [5.74, 6) is 1.28. The molecule has 2 aromatic heterocycles. The molecule has 0 amide bonds. The van der Waals surface area contributed by atoms with E-state index >= 15 is 0 Å². The summed E-state index contributed by atoms with van der Waals surface area (Å²) < 4.78 is 11.7. The smallest absolute Gasteiger partial charge is 0.306 e. The molecule has 3 aromatic rings. The van der Waals surface area contributed by atoms with E-state index in [1.807, 2.05) is 20.8 Å². The van der Waals surface area contributed by atoms with Gasteiger partial charge in [-0.25, -0.2) is 9.97 Å². The molecule has 9 nitrogen and oxygen atoms in total. The van der Waals surface area contributed by atoms with Crippen molar-refractivity contribution in [2.24, 2.45) is 10.8 Å². The highest BCUT2D eigenvalue weighted by molar-refractivity contribution is 6.06. The number of nitrogens with zero attached hydrogens (tertiary/aromatic N) is 4. The molecule has 1 fully saturated rings. The van der Waals surface area contributed by atoms with Gasteiger partial charge in [0.1, 0.15) is 16.9 Å². The van der Waals surface area contributed by atoms with Crippen LogP contribution >= 0.6 is 0 Å². The molecule has 3 heterocycles. The van der Waals surface area contributed by atoms with Crippen molar-refractivity contribution in [1.29, 1.82) is 0 Å². The number of pyridine rings is 1. The Morgan fingerprint density at radius 2 is 1.69 bits per heavy atom. The molecule has 0 atom stereocenters. The summed E-state index contributed by atoms with van der Waals surface area (Å²) in [5, 5.41) is 1.06. The predicted molar refractivity (Wildman–Crippen MR) is 172 cm³/mol. The number of esters is 1. The summed E-state index contributed by atoms with van der Waals surface area (Å²) in [5.41, 5.74) is 9.42. The van der Waals surface area contributed by atoms with E-state index in [0.717, 1.165) is 79.7 Å². The van der Waals surface area contributed by atoms with Gasteiger partial charge in [0, 0.05) is 55.6 Å². The fourth-order valence-corrected chi connectivity index (χ4v) is 5.71. The number of carbonyl (C=O) groups is 1. The number of imidazole rings is 1. The molecule has 1 aromatic carbocycles. The third-order valence-corrected chi connectivity index (χ3v) is 7.67. The molecular formula is C33H52N6O3. The quantitative estimate of drug-likeness (QED) is 0.253. The number of nitrogen functional groups attached to an aromatic ring is 1. The highest BCUT2D eigenvalue weighted by atomic mass is 16.6. The van der Waals surface area contributed by atoms with Gasteiger partial charge in [-0.2, -0.15) is 0 Å². The summed E-state index contributed by atoms with van der Waals surface area (Å²) >= 11 is 0. The number of piperazine rings is 1. The highest BCUT2D eigenvalue weighted by Crippen LogP contribution is 2.31. The zero-order valence-electron chi connectivity index (χ0n) is 27.1. The fraction of sp³-hybridized carbons (Fsp3) is 0.667. The van der Waals surface area contributed by atoms with E-state index in [-0.39, 0.29) is 16.8 Å². The van der Waals surface area contributed by atoms with Crippen molar-refractivity contribution in [3.63, 3.8) is 0 Å². The van der Waals surface area contributed by atoms with E-state index < -0.39 is 5.60 Å². The second-order valence-electron chi connectivity index (χ2n) is 14.6. The minimum atomic E-state index is -0.468. The third kappa shape index (κ3) is 8.57. The first kappa shape index (κ1) is 32.0. The van der Waals surface area contributed by atoms with Gasteiger partial charge in [0.05, 0.1) is 30.7 Å². The van der Waals surface area contributed by atoms with Gasteiger partial charge in [-0.15, -0.1) is 0 Å². The van der Waals surface area contributed by atoms with Gasteiger partial charge in [0.15, 0.2) is 5.82 Å². The van der Waals surface area contributed by atoms with Gasteiger partial charge in [-0.05, 0) is 50.8 Å². The number of fused-ring (bicyclic) bond motifs is 3. The lowest BCUT2D eigenvalue weighted by atomic mass is 9.89. The second-order valence-corrected chi connectivity index (χ2v) is 14.6. The number of nitrogens with one attached hydrogen (secondary N) is 1. The number of carbonyl (C=O) groups excluding carboxylic acids is 1. The first-order valence-corrected chi connectivity index (χ1v) is 15.5. The van der Waals surface area contributed by atoms with Crippen LogP contribution in [-0.2, 0) is 20.7 Å². The van der Waals surface area contributed by atoms with Crippen LogP contribution in [0.4, 0.5) is 11.5 Å². The summed E-state index contributed by atoms with van der Waals surface area (Å²) in [6.45, 7) is 22.5. The summed E-state index contributed by atoms with van der Waals surface area (Å²) in [7, 11) is 0. The molecule has 4 rings (SSSR count). The summed E-state index contributed by atoms with van der Waals surface area (Å²) in [4.78, 5) is 30.2. The number of benzene rings is 1. The molecule has 0 saturated carbocycles. The van der Waals surface area contributed by atoms with Gasteiger partial charge in [-0.1, -0.05) is 41.0 Å². The Morgan fingerprint density at radius 3 is 2.36 bits per heavy atom. The van der Waals surface area contributed by atoms with Crippen molar-refractivity contribution in [2.75, 3.05) is 56.6 Å². The number of aryl methyl sites for hydroxylation is 1. The van der Waals surface area contributed by atoms with Gasteiger partial charge in [-0.3, -0.25) is 9.69 Å². The molecule has 1 aliphatic rings. The number of hydrogen-bond acceptors (Lipinski definition) is 8. The van der Waals surface area contributed by atoms with Crippen LogP contribution < -0.4 is 10.6 Å². The lowest BCUT2D eigenvalue weighted by Crippen LogP contribution is -2.49. The Morgan fingerprint density at radius 1 is 1.00 bits per heavy atom. The van der Waals surface area contributed by atoms with Gasteiger partial charge < -0.3 is 25.1 Å². The Bertz CT molecular complexity index is 1370. The lowest BCUT2D eigenvalue weighted by Gasteiger charge is -2.40.